The van der Waals surface area contributed by atoms with Crippen LogP contribution in [0.4, 0.5) is 0 Å². The van der Waals surface area contributed by atoms with Crippen LogP contribution in [0.5, 0.6) is 5.75 Å². The maximum absolute atomic E-state index is 9.65. The SMILES string of the molecule is Oc1ccc2cc([C@H](c3cccs3)N3CCNCC3)ccc2c1. The molecule has 0 spiro atoms. The number of nitrogens with zero attached hydrogens (tertiary/aromatic N) is 1. The van der Waals surface area contributed by atoms with E-state index in [2.05, 4.69) is 45.9 Å². The molecular weight excluding hydrogens is 304 g/mol. The normalized spacial score (nSPS) is 17.4. The van der Waals surface area contributed by atoms with Gasteiger partial charge in [-0.05, 0) is 46.0 Å². The number of thiophene rings is 1. The molecule has 3 aromatic rings. The van der Waals surface area contributed by atoms with Crippen molar-refractivity contribution in [3.8, 4) is 5.75 Å². The molecule has 2 aromatic carbocycles. The fourth-order valence-corrected chi connectivity index (χ4v) is 4.25. The van der Waals surface area contributed by atoms with Crippen molar-refractivity contribution < 1.29 is 5.11 Å². The van der Waals surface area contributed by atoms with Gasteiger partial charge in [0, 0.05) is 31.1 Å². The number of phenolic OH excluding ortho intramolecular Hbond substituents is 1. The highest BCUT2D eigenvalue weighted by atomic mass is 32.1. The lowest BCUT2D eigenvalue weighted by Gasteiger charge is -2.35. The third-order valence-corrected chi connectivity index (χ3v) is 5.42. The van der Waals surface area contributed by atoms with Gasteiger partial charge in [0.15, 0.2) is 0 Å². The maximum Gasteiger partial charge on any atom is 0.116 e. The number of aromatic hydroxyl groups is 1. The minimum Gasteiger partial charge on any atom is -0.508 e. The fourth-order valence-electron chi connectivity index (χ4n) is 3.36. The molecule has 0 radical (unpaired) electrons. The molecule has 0 bridgehead atoms. The molecule has 2 heterocycles. The van der Waals surface area contributed by atoms with E-state index in [-0.39, 0.29) is 0 Å². The van der Waals surface area contributed by atoms with Crippen molar-refractivity contribution in [2.24, 2.45) is 0 Å². The molecule has 1 aliphatic heterocycles. The van der Waals surface area contributed by atoms with Crippen LogP contribution in [0, 0.1) is 0 Å². The molecule has 4 rings (SSSR count). The molecular formula is C19H20N2OS. The summed E-state index contributed by atoms with van der Waals surface area (Å²) in [5.41, 5.74) is 1.33. The summed E-state index contributed by atoms with van der Waals surface area (Å²) in [6.45, 7) is 4.22. The quantitative estimate of drug-likeness (QED) is 0.773. The van der Waals surface area contributed by atoms with Crippen molar-refractivity contribution >= 4 is 22.1 Å². The number of piperazine rings is 1. The summed E-state index contributed by atoms with van der Waals surface area (Å²) >= 11 is 1.83. The van der Waals surface area contributed by atoms with Gasteiger partial charge in [0.1, 0.15) is 5.75 Å². The van der Waals surface area contributed by atoms with Crippen molar-refractivity contribution in [2.45, 2.75) is 6.04 Å². The zero-order valence-corrected chi connectivity index (χ0v) is 13.7. The monoisotopic (exact) mass is 324 g/mol. The molecule has 1 aliphatic rings. The summed E-state index contributed by atoms with van der Waals surface area (Å²) in [6, 6.07) is 16.9. The molecule has 1 fully saturated rings. The van der Waals surface area contributed by atoms with Crippen LogP contribution in [0.15, 0.2) is 53.9 Å². The Balaban J connectivity index is 1.77. The predicted molar refractivity (Wildman–Crippen MR) is 96.2 cm³/mol. The molecule has 23 heavy (non-hydrogen) atoms. The number of hydrogen-bond acceptors (Lipinski definition) is 4. The van der Waals surface area contributed by atoms with Gasteiger partial charge in [0.25, 0.3) is 0 Å². The summed E-state index contributed by atoms with van der Waals surface area (Å²) in [5, 5.41) is 17.5. The first-order valence-corrected chi connectivity index (χ1v) is 8.90. The van der Waals surface area contributed by atoms with Crippen LogP contribution in [0.2, 0.25) is 0 Å². The Morgan fingerprint density at radius 2 is 1.78 bits per heavy atom. The zero-order valence-electron chi connectivity index (χ0n) is 12.9. The Morgan fingerprint density at radius 3 is 2.57 bits per heavy atom. The van der Waals surface area contributed by atoms with Gasteiger partial charge in [-0.15, -0.1) is 11.3 Å². The van der Waals surface area contributed by atoms with E-state index in [0.29, 0.717) is 11.8 Å². The molecule has 1 aromatic heterocycles. The lowest BCUT2D eigenvalue weighted by Crippen LogP contribution is -2.45. The van der Waals surface area contributed by atoms with Gasteiger partial charge < -0.3 is 10.4 Å². The highest BCUT2D eigenvalue weighted by Crippen LogP contribution is 2.34. The topological polar surface area (TPSA) is 35.5 Å². The minimum atomic E-state index is 0.315. The second-order valence-corrected chi connectivity index (χ2v) is 6.97. The van der Waals surface area contributed by atoms with Crippen molar-refractivity contribution in [2.75, 3.05) is 26.2 Å². The molecule has 0 unspecified atom stereocenters. The van der Waals surface area contributed by atoms with E-state index in [4.69, 9.17) is 0 Å². The Labute approximate surface area is 140 Å². The van der Waals surface area contributed by atoms with Gasteiger partial charge >= 0.3 is 0 Å². The van der Waals surface area contributed by atoms with Crippen LogP contribution in [0.25, 0.3) is 10.8 Å². The van der Waals surface area contributed by atoms with Crippen LogP contribution in [0.3, 0.4) is 0 Å². The van der Waals surface area contributed by atoms with Gasteiger partial charge in [-0.3, -0.25) is 4.90 Å². The Bertz CT molecular complexity index is 794. The lowest BCUT2D eigenvalue weighted by atomic mass is 9.99. The van der Waals surface area contributed by atoms with Crippen molar-refractivity contribution in [3.63, 3.8) is 0 Å². The average Bonchev–Trinajstić information content (AvgIpc) is 3.10. The van der Waals surface area contributed by atoms with E-state index in [1.165, 1.54) is 15.8 Å². The second kappa shape index (κ2) is 6.32. The number of hydrogen-bond donors (Lipinski definition) is 2. The predicted octanol–water partition coefficient (Wildman–Crippen LogP) is 3.60. The van der Waals surface area contributed by atoms with Gasteiger partial charge in [0.2, 0.25) is 0 Å². The maximum atomic E-state index is 9.65. The molecule has 1 atom stereocenters. The van der Waals surface area contributed by atoms with Crippen LogP contribution in [0.1, 0.15) is 16.5 Å². The van der Waals surface area contributed by atoms with E-state index in [9.17, 15) is 5.11 Å². The van der Waals surface area contributed by atoms with Crippen LogP contribution in [-0.4, -0.2) is 36.2 Å². The molecule has 0 saturated carbocycles. The van der Waals surface area contributed by atoms with Crippen LogP contribution >= 0.6 is 11.3 Å². The summed E-state index contributed by atoms with van der Waals surface area (Å²) in [6.07, 6.45) is 0. The Morgan fingerprint density at radius 1 is 1.00 bits per heavy atom. The largest absolute Gasteiger partial charge is 0.508 e. The molecule has 2 N–H and O–H groups in total. The number of fused-ring (bicyclic) bond motifs is 1. The highest BCUT2D eigenvalue weighted by molar-refractivity contribution is 7.10. The van der Waals surface area contributed by atoms with Gasteiger partial charge in [-0.25, -0.2) is 0 Å². The van der Waals surface area contributed by atoms with Crippen molar-refractivity contribution in [3.05, 3.63) is 64.4 Å². The van der Waals surface area contributed by atoms with E-state index in [1.807, 2.05) is 23.5 Å². The van der Waals surface area contributed by atoms with E-state index in [0.717, 1.165) is 31.6 Å². The first-order chi connectivity index (χ1) is 11.3. The summed E-state index contributed by atoms with van der Waals surface area (Å²) < 4.78 is 0. The third-order valence-electron chi connectivity index (χ3n) is 4.49. The lowest BCUT2D eigenvalue weighted by molar-refractivity contribution is 0.201. The molecule has 0 aliphatic carbocycles. The standard InChI is InChI=1S/C19H20N2OS/c22-17-6-5-14-12-16(4-3-15(14)13-17)19(18-2-1-11-23-18)21-9-7-20-8-10-21/h1-6,11-13,19-20,22H,7-10H2/t19-/m1/s1. The molecule has 1 saturated heterocycles. The average molecular weight is 324 g/mol. The smallest absolute Gasteiger partial charge is 0.116 e. The fraction of sp³-hybridized carbons (Fsp3) is 0.263. The van der Waals surface area contributed by atoms with Gasteiger partial charge in [-0.2, -0.15) is 0 Å². The van der Waals surface area contributed by atoms with Crippen molar-refractivity contribution in [1.29, 1.82) is 0 Å². The molecule has 118 valence electrons. The Kier molecular flexibility index (Phi) is 4.04. The van der Waals surface area contributed by atoms with Gasteiger partial charge in [-0.1, -0.05) is 24.3 Å². The van der Waals surface area contributed by atoms with E-state index in [1.54, 1.807) is 6.07 Å². The first kappa shape index (κ1) is 14.7. The summed E-state index contributed by atoms with van der Waals surface area (Å²) in [4.78, 5) is 3.95. The van der Waals surface area contributed by atoms with Crippen LogP contribution < -0.4 is 5.32 Å². The number of rotatable bonds is 3. The van der Waals surface area contributed by atoms with Gasteiger partial charge in [0.05, 0.1) is 6.04 Å². The Hall–Kier alpha value is -1.88. The molecule has 4 heteroatoms. The van der Waals surface area contributed by atoms with Crippen molar-refractivity contribution in [1.82, 2.24) is 10.2 Å². The highest BCUT2D eigenvalue weighted by Gasteiger charge is 2.24. The second-order valence-electron chi connectivity index (χ2n) is 5.99. The third kappa shape index (κ3) is 2.98. The molecule has 0 amide bonds. The number of benzene rings is 2. The number of phenols is 1. The van der Waals surface area contributed by atoms with Crippen LogP contribution in [-0.2, 0) is 0 Å². The minimum absolute atomic E-state index is 0.315. The molecule has 3 nitrogen and oxygen atoms in total. The first-order valence-electron chi connectivity index (χ1n) is 8.02. The number of nitrogens with one attached hydrogen (secondary N) is 1. The van der Waals surface area contributed by atoms with E-state index < -0.39 is 0 Å². The summed E-state index contributed by atoms with van der Waals surface area (Å²) in [7, 11) is 0. The zero-order chi connectivity index (χ0) is 15.6. The van der Waals surface area contributed by atoms with E-state index >= 15 is 0 Å². The summed E-state index contributed by atoms with van der Waals surface area (Å²) in [5.74, 6) is 0.321.